The Kier molecular flexibility index (Phi) is 6.38. The van der Waals surface area contributed by atoms with Gasteiger partial charge in [0, 0.05) is 41.4 Å². The maximum absolute atomic E-state index is 13.3. The van der Waals surface area contributed by atoms with E-state index in [1.165, 1.54) is 32.0 Å². The van der Waals surface area contributed by atoms with Crippen molar-refractivity contribution in [2.75, 3.05) is 21.3 Å². The summed E-state index contributed by atoms with van der Waals surface area (Å²) < 4.78 is 29.1. The molecule has 2 aromatic carbocycles. The van der Waals surface area contributed by atoms with Crippen molar-refractivity contribution in [3.05, 3.63) is 69.8 Å². The van der Waals surface area contributed by atoms with E-state index in [9.17, 15) is 14.5 Å². The molecule has 158 valence electrons. The summed E-state index contributed by atoms with van der Waals surface area (Å²) in [6.45, 7) is 1.73. The minimum Gasteiger partial charge on any atom is -0.501 e. The summed E-state index contributed by atoms with van der Waals surface area (Å²) >= 11 is 5.94. The average Bonchev–Trinajstić information content (AvgIpc) is 3.03. The molecule has 1 aromatic heterocycles. The van der Waals surface area contributed by atoms with Gasteiger partial charge in [-0.05, 0) is 55.5 Å². The molecule has 0 saturated heterocycles. The molecule has 0 aliphatic carbocycles. The number of aliphatic hydroxyl groups is 1. The number of carbonyl (C=O) groups is 1. The average molecular weight is 450 g/mol. The number of nitrogens with zero attached hydrogens (tertiary/aromatic N) is 1. The van der Waals surface area contributed by atoms with Gasteiger partial charge in [0.2, 0.25) is 5.50 Å². The molecule has 30 heavy (non-hydrogen) atoms. The molecule has 0 bridgehead atoms. The SMILES string of the molecule is COc1ccc2c(c1)c(/C=C(\O)P(=O)(OC)OC)c(C)n2C(=O)c1ccc(Cl)cc1. The molecule has 0 spiro atoms. The fraction of sp³-hybridized carbons (Fsp3) is 0.190. The zero-order valence-corrected chi connectivity index (χ0v) is 18.5. The largest absolute Gasteiger partial charge is 0.501 e. The highest BCUT2D eigenvalue weighted by atomic mass is 35.5. The number of hydrogen-bond donors (Lipinski definition) is 1. The lowest BCUT2D eigenvalue weighted by atomic mass is 10.1. The standard InChI is InChI=1S/C21H21ClNO6P/c1-13-17(12-20(24)30(26,28-3)29-4)18-11-16(27-2)9-10-19(18)23(13)21(25)14-5-7-15(22)8-6-14/h5-12,24H,1-4H3/b20-12+. The topological polar surface area (TPSA) is 87.0 Å². The van der Waals surface area contributed by atoms with Crippen LogP contribution in [-0.2, 0) is 13.6 Å². The van der Waals surface area contributed by atoms with Crippen molar-refractivity contribution in [1.82, 2.24) is 4.57 Å². The van der Waals surface area contributed by atoms with Crippen molar-refractivity contribution in [2.24, 2.45) is 0 Å². The molecule has 0 amide bonds. The van der Waals surface area contributed by atoms with Crippen molar-refractivity contribution < 1.29 is 28.3 Å². The molecule has 0 unspecified atom stereocenters. The number of aromatic nitrogens is 1. The fourth-order valence-electron chi connectivity index (χ4n) is 3.18. The highest BCUT2D eigenvalue weighted by Gasteiger charge is 2.29. The van der Waals surface area contributed by atoms with Gasteiger partial charge in [0.25, 0.3) is 5.91 Å². The van der Waals surface area contributed by atoms with Crippen LogP contribution in [0.4, 0.5) is 0 Å². The summed E-state index contributed by atoms with van der Waals surface area (Å²) in [5.74, 6) is 0.287. The molecular formula is C21H21ClNO6P. The number of ether oxygens (including phenoxy) is 1. The molecule has 0 aliphatic rings. The summed E-state index contributed by atoms with van der Waals surface area (Å²) in [4.78, 5) is 13.3. The Morgan fingerprint density at radius 1 is 1.10 bits per heavy atom. The molecule has 3 aromatic rings. The zero-order chi connectivity index (χ0) is 22.1. The van der Waals surface area contributed by atoms with Gasteiger partial charge in [-0.3, -0.25) is 13.9 Å². The summed E-state index contributed by atoms with van der Waals surface area (Å²) in [5.41, 5.74) is 1.48. The first-order valence-corrected chi connectivity index (χ1v) is 10.8. The highest BCUT2D eigenvalue weighted by Crippen LogP contribution is 2.54. The summed E-state index contributed by atoms with van der Waals surface area (Å²) in [7, 11) is 0.0292. The van der Waals surface area contributed by atoms with Crippen LogP contribution in [0.25, 0.3) is 17.0 Å². The number of rotatable bonds is 6. The van der Waals surface area contributed by atoms with Crippen LogP contribution in [-0.4, -0.2) is 36.9 Å². The molecule has 3 rings (SSSR count). The monoisotopic (exact) mass is 449 g/mol. The smallest absolute Gasteiger partial charge is 0.394 e. The van der Waals surface area contributed by atoms with E-state index in [1.807, 2.05) is 0 Å². The van der Waals surface area contributed by atoms with E-state index in [-0.39, 0.29) is 5.91 Å². The second-order valence-electron chi connectivity index (χ2n) is 6.39. The quantitative estimate of drug-likeness (QED) is 0.387. The number of fused-ring (bicyclic) bond motifs is 1. The van der Waals surface area contributed by atoms with Gasteiger partial charge >= 0.3 is 7.60 Å². The van der Waals surface area contributed by atoms with Crippen molar-refractivity contribution in [2.45, 2.75) is 6.92 Å². The Labute approximate surface area is 179 Å². The van der Waals surface area contributed by atoms with Crippen LogP contribution in [0.2, 0.25) is 5.02 Å². The molecule has 0 fully saturated rings. The van der Waals surface area contributed by atoms with Gasteiger partial charge < -0.3 is 18.9 Å². The number of methoxy groups -OCH3 is 1. The second-order valence-corrected chi connectivity index (χ2v) is 9.01. The number of benzene rings is 2. The van der Waals surface area contributed by atoms with Crippen molar-refractivity contribution in [3.63, 3.8) is 0 Å². The molecule has 1 heterocycles. The van der Waals surface area contributed by atoms with Crippen molar-refractivity contribution in [3.8, 4) is 5.75 Å². The van der Waals surface area contributed by atoms with Crippen LogP contribution in [0.1, 0.15) is 21.6 Å². The normalized spacial score (nSPS) is 12.4. The molecule has 0 saturated carbocycles. The third-order valence-corrected chi connectivity index (χ3v) is 6.69. The lowest BCUT2D eigenvalue weighted by molar-refractivity contribution is 0.0963. The molecule has 0 radical (unpaired) electrons. The van der Waals surface area contributed by atoms with E-state index >= 15 is 0 Å². The summed E-state index contributed by atoms with van der Waals surface area (Å²) in [6, 6.07) is 11.8. The molecule has 7 nitrogen and oxygen atoms in total. The Bertz CT molecular complexity index is 1170. The van der Waals surface area contributed by atoms with Gasteiger partial charge in [0.05, 0.1) is 12.6 Å². The van der Waals surface area contributed by atoms with Crippen LogP contribution in [0.3, 0.4) is 0 Å². The lowest BCUT2D eigenvalue weighted by Gasteiger charge is -2.12. The van der Waals surface area contributed by atoms with Gasteiger partial charge in [-0.1, -0.05) is 11.6 Å². The molecule has 0 aliphatic heterocycles. The Balaban J connectivity index is 2.28. The lowest BCUT2D eigenvalue weighted by Crippen LogP contribution is -2.13. The first-order valence-electron chi connectivity index (χ1n) is 8.87. The van der Waals surface area contributed by atoms with E-state index in [4.69, 9.17) is 25.4 Å². The molecular weight excluding hydrogens is 429 g/mol. The van der Waals surface area contributed by atoms with E-state index < -0.39 is 13.1 Å². The van der Waals surface area contributed by atoms with Gasteiger partial charge in [-0.15, -0.1) is 0 Å². The maximum Gasteiger partial charge on any atom is 0.394 e. The zero-order valence-electron chi connectivity index (χ0n) is 16.9. The summed E-state index contributed by atoms with van der Waals surface area (Å²) in [5, 5.41) is 11.6. The second kappa shape index (κ2) is 8.66. The Morgan fingerprint density at radius 3 is 2.30 bits per heavy atom. The third kappa shape index (κ3) is 3.89. The molecule has 9 heteroatoms. The van der Waals surface area contributed by atoms with Gasteiger partial charge in [-0.2, -0.15) is 0 Å². The molecule has 0 atom stereocenters. The van der Waals surface area contributed by atoms with Crippen molar-refractivity contribution >= 4 is 42.1 Å². The van der Waals surface area contributed by atoms with Crippen LogP contribution < -0.4 is 4.74 Å². The van der Waals surface area contributed by atoms with E-state index in [0.717, 1.165) is 0 Å². The van der Waals surface area contributed by atoms with Crippen LogP contribution >= 0.6 is 19.2 Å². The number of carbonyl (C=O) groups excluding carboxylic acids is 1. The Morgan fingerprint density at radius 2 is 1.73 bits per heavy atom. The maximum atomic E-state index is 13.3. The Hall–Kier alpha value is -2.57. The fourth-order valence-corrected chi connectivity index (χ4v) is 4.12. The number of aliphatic hydroxyl groups excluding tert-OH is 1. The van der Waals surface area contributed by atoms with Gasteiger partial charge in [0.15, 0.2) is 0 Å². The van der Waals surface area contributed by atoms with Gasteiger partial charge in [0.1, 0.15) is 5.75 Å². The molecule has 1 N–H and O–H groups in total. The van der Waals surface area contributed by atoms with E-state index in [0.29, 0.717) is 38.5 Å². The minimum atomic E-state index is -3.86. The predicted molar refractivity (Wildman–Crippen MR) is 117 cm³/mol. The van der Waals surface area contributed by atoms with Gasteiger partial charge in [-0.25, -0.2) is 0 Å². The predicted octanol–water partition coefficient (Wildman–Crippen LogP) is 5.64. The van der Waals surface area contributed by atoms with Crippen molar-refractivity contribution in [1.29, 1.82) is 0 Å². The first kappa shape index (κ1) is 22.1. The van der Waals surface area contributed by atoms with Crippen LogP contribution in [0, 0.1) is 6.92 Å². The number of halogens is 1. The highest BCUT2D eigenvalue weighted by molar-refractivity contribution is 7.58. The summed E-state index contributed by atoms with van der Waals surface area (Å²) in [6.07, 6.45) is 1.29. The van der Waals surface area contributed by atoms with E-state index in [2.05, 4.69) is 0 Å². The van der Waals surface area contributed by atoms with Crippen LogP contribution in [0.15, 0.2) is 48.0 Å². The minimum absolute atomic E-state index is 0.278. The van der Waals surface area contributed by atoms with Crippen LogP contribution in [0.5, 0.6) is 5.75 Å². The van der Waals surface area contributed by atoms with E-state index in [1.54, 1.807) is 49.4 Å². The third-order valence-electron chi connectivity index (χ3n) is 4.79. The first-order chi connectivity index (χ1) is 14.3. The number of hydrogen-bond acceptors (Lipinski definition) is 6.